The van der Waals surface area contributed by atoms with Crippen molar-refractivity contribution in [3.8, 4) is 11.5 Å². The van der Waals surface area contributed by atoms with Gasteiger partial charge in [-0.1, -0.05) is 17.4 Å². The Labute approximate surface area is 202 Å². The van der Waals surface area contributed by atoms with E-state index in [1.54, 1.807) is 26.0 Å². The molecule has 0 spiro atoms. The molecule has 1 aromatic carbocycles. The molecule has 0 radical (unpaired) electrons. The van der Waals surface area contributed by atoms with Crippen LogP contribution < -0.4 is 14.3 Å². The van der Waals surface area contributed by atoms with E-state index in [1.165, 1.54) is 11.3 Å². The van der Waals surface area contributed by atoms with Crippen molar-refractivity contribution in [3.05, 3.63) is 38.3 Å². The number of methoxy groups -OCH3 is 2. The van der Waals surface area contributed by atoms with Gasteiger partial charge in [0.05, 0.1) is 31.1 Å². The van der Waals surface area contributed by atoms with E-state index in [-0.39, 0.29) is 45.6 Å². The largest absolute Gasteiger partial charge is 0.493 e. The molecule has 11 heteroatoms. The highest BCUT2D eigenvalue weighted by molar-refractivity contribution is 8.00. The first-order valence-corrected chi connectivity index (χ1v) is 12.7. The van der Waals surface area contributed by atoms with Gasteiger partial charge in [0.2, 0.25) is 11.8 Å². The Balaban J connectivity index is 1.46. The van der Waals surface area contributed by atoms with Crippen LogP contribution in [0.5, 0.6) is 11.5 Å². The first-order valence-electron chi connectivity index (χ1n) is 11.0. The van der Waals surface area contributed by atoms with Gasteiger partial charge in [0, 0.05) is 16.0 Å². The van der Waals surface area contributed by atoms with Crippen LogP contribution in [0.2, 0.25) is 0 Å². The van der Waals surface area contributed by atoms with Gasteiger partial charge in [-0.25, -0.2) is 0 Å². The topological polar surface area (TPSA) is 126 Å². The summed E-state index contributed by atoms with van der Waals surface area (Å²) in [5.41, 5.74) is 0.965. The molecule has 2 aliphatic carbocycles. The average Bonchev–Trinajstić information content (AvgIpc) is 3.54. The zero-order chi connectivity index (χ0) is 23.9. The number of benzene rings is 1. The normalized spacial score (nSPS) is 33.0. The van der Waals surface area contributed by atoms with E-state index in [1.807, 2.05) is 18.2 Å². The first kappa shape index (κ1) is 21.7. The van der Waals surface area contributed by atoms with Gasteiger partial charge < -0.3 is 19.6 Å². The number of likely N-dealkylation sites (tertiary alicyclic amines) is 1. The van der Waals surface area contributed by atoms with Gasteiger partial charge in [-0.3, -0.25) is 24.1 Å². The number of H-pyrrole nitrogens is 1. The molecule has 1 saturated heterocycles. The lowest BCUT2D eigenvalue weighted by Gasteiger charge is -2.43. The van der Waals surface area contributed by atoms with Gasteiger partial charge in [-0.2, -0.15) is 0 Å². The summed E-state index contributed by atoms with van der Waals surface area (Å²) in [4.78, 5) is 54.6. The number of carbonyl (C=O) groups excluding carboxylic acids is 2. The molecule has 6 rings (SSSR count). The number of aromatic nitrogens is 1. The summed E-state index contributed by atoms with van der Waals surface area (Å²) in [5.74, 6) is -1.93. The lowest BCUT2D eigenvalue weighted by molar-refractivity contribution is -0.149. The lowest BCUT2D eigenvalue weighted by Crippen LogP contribution is -2.42. The molecule has 2 aliphatic heterocycles. The number of carboxylic acids is 1. The maximum atomic E-state index is 13.2. The van der Waals surface area contributed by atoms with Crippen molar-refractivity contribution in [3.63, 3.8) is 0 Å². The van der Waals surface area contributed by atoms with Crippen molar-refractivity contribution in [1.82, 2.24) is 9.88 Å². The number of hydrogen-bond acceptors (Lipinski definition) is 8. The Hall–Kier alpha value is -2.79. The maximum Gasteiger partial charge on any atom is 0.323 e. The number of carbonyl (C=O) groups is 3. The summed E-state index contributed by atoms with van der Waals surface area (Å²) in [6.45, 7) is -0.591. The lowest BCUT2D eigenvalue weighted by atomic mass is 9.68. The molecule has 9 nitrogen and oxygen atoms in total. The Bertz CT molecular complexity index is 1290. The summed E-state index contributed by atoms with van der Waals surface area (Å²) >= 11 is 2.78. The number of hydrogen-bond donors (Lipinski definition) is 2. The zero-order valence-electron chi connectivity index (χ0n) is 18.3. The molecule has 2 saturated carbocycles. The molecule has 3 fully saturated rings. The molecule has 1 aromatic heterocycles. The average molecular weight is 503 g/mol. The molecule has 3 heterocycles. The zero-order valence-corrected chi connectivity index (χ0v) is 20.0. The number of carboxylic acid groups (broad SMARTS) is 1. The molecule has 2 amide bonds. The number of imide groups is 1. The number of thioether (sulfide) groups is 1. The highest BCUT2D eigenvalue weighted by Crippen LogP contribution is 2.68. The Kier molecular flexibility index (Phi) is 4.86. The molecule has 178 valence electrons. The van der Waals surface area contributed by atoms with Gasteiger partial charge >= 0.3 is 10.8 Å². The highest BCUT2D eigenvalue weighted by Gasteiger charge is 2.69. The van der Waals surface area contributed by atoms with Crippen LogP contribution in [-0.2, 0) is 14.4 Å². The minimum atomic E-state index is -1.19. The van der Waals surface area contributed by atoms with Crippen LogP contribution in [-0.4, -0.2) is 58.8 Å². The SMILES string of the molecule is COc1ccc([C@H]2c3sc(=O)[nH]c3S[C@H]3[C@@H]4C[C@@H]([C@@H]5C(=O)N(CC(=O)O)C(=O)[C@@H]45)[C@H]23)cc1OC. The Morgan fingerprint density at radius 3 is 2.50 bits per heavy atom. The minimum absolute atomic E-state index is 0.0369. The van der Waals surface area contributed by atoms with Crippen LogP contribution in [0.1, 0.15) is 22.8 Å². The predicted molar refractivity (Wildman–Crippen MR) is 122 cm³/mol. The molecule has 7 atom stereocenters. The third-order valence-corrected chi connectivity index (χ3v) is 10.5. The van der Waals surface area contributed by atoms with Gasteiger partial charge in [0.25, 0.3) is 0 Å². The Morgan fingerprint density at radius 1 is 1.12 bits per heavy atom. The minimum Gasteiger partial charge on any atom is -0.493 e. The van der Waals surface area contributed by atoms with Crippen molar-refractivity contribution in [2.75, 3.05) is 20.8 Å². The van der Waals surface area contributed by atoms with E-state index in [9.17, 15) is 24.3 Å². The summed E-state index contributed by atoms with van der Waals surface area (Å²) in [7, 11) is 3.14. The second kappa shape index (κ2) is 7.61. The second-order valence-electron chi connectivity index (χ2n) is 9.23. The van der Waals surface area contributed by atoms with Crippen LogP contribution in [0.25, 0.3) is 0 Å². The standard InChI is InChI=1S/C23H22N2O7S2/c1-31-11-4-3-8(5-12(11)32-2)14-15-9-6-10(18(15)33-20-19(14)34-23(30)24-20)17-16(9)21(28)25(22(17)29)7-13(26)27/h3-5,9-10,14-18H,6-7H2,1-2H3,(H,24,30)(H,26,27)/t9-,10-,14-,15-,16+,17+,18+/m1/s1. The van der Waals surface area contributed by atoms with E-state index >= 15 is 0 Å². The number of thiazole rings is 1. The maximum absolute atomic E-state index is 13.2. The number of amides is 2. The number of aromatic amines is 1. The van der Waals surface area contributed by atoms with E-state index in [2.05, 4.69) is 4.98 Å². The number of nitrogens with zero attached hydrogens (tertiary/aromatic N) is 1. The molecule has 34 heavy (non-hydrogen) atoms. The van der Waals surface area contributed by atoms with Crippen LogP contribution in [0, 0.1) is 29.6 Å². The first-order chi connectivity index (χ1) is 16.3. The van der Waals surface area contributed by atoms with Crippen LogP contribution in [0.15, 0.2) is 28.0 Å². The summed E-state index contributed by atoms with van der Waals surface area (Å²) in [5, 5.41) is 10.1. The van der Waals surface area contributed by atoms with Gasteiger partial charge in [0.1, 0.15) is 6.54 Å². The number of aliphatic carboxylic acids is 1. The third kappa shape index (κ3) is 2.86. The highest BCUT2D eigenvalue weighted by atomic mass is 32.2. The smallest absolute Gasteiger partial charge is 0.323 e. The van der Waals surface area contributed by atoms with Crippen LogP contribution in [0.4, 0.5) is 0 Å². The van der Waals surface area contributed by atoms with Gasteiger partial charge in [-0.05, 0) is 41.9 Å². The van der Waals surface area contributed by atoms with Crippen molar-refractivity contribution in [2.45, 2.75) is 22.6 Å². The van der Waals surface area contributed by atoms with Crippen molar-refractivity contribution >= 4 is 40.9 Å². The number of fused-ring (bicyclic) bond motifs is 9. The van der Waals surface area contributed by atoms with Crippen molar-refractivity contribution in [1.29, 1.82) is 0 Å². The van der Waals surface area contributed by atoms with E-state index in [0.717, 1.165) is 26.8 Å². The summed E-state index contributed by atoms with van der Waals surface area (Å²) in [6, 6.07) is 5.73. The molecule has 0 unspecified atom stereocenters. The molecule has 4 aliphatic rings. The van der Waals surface area contributed by atoms with E-state index < -0.39 is 24.3 Å². The van der Waals surface area contributed by atoms with E-state index in [0.29, 0.717) is 11.5 Å². The van der Waals surface area contributed by atoms with E-state index in [4.69, 9.17) is 9.47 Å². The number of rotatable bonds is 5. The van der Waals surface area contributed by atoms with Crippen molar-refractivity contribution in [2.24, 2.45) is 29.6 Å². The number of nitrogens with one attached hydrogen (secondary N) is 1. The molecular weight excluding hydrogens is 480 g/mol. The molecule has 2 N–H and O–H groups in total. The predicted octanol–water partition coefficient (Wildman–Crippen LogP) is 2.01. The second-order valence-corrected chi connectivity index (χ2v) is 11.4. The summed E-state index contributed by atoms with van der Waals surface area (Å²) < 4.78 is 10.9. The number of ether oxygens (including phenoxy) is 2. The van der Waals surface area contributed by atoms with Gasteiger partial charge in [0.15, 0.2) is 11.5 Å². The van der Waals surface area contributed by atoms with Crippen molar-refractivity contribution < 1.29 is 29.0 Å². The van der Waals surface area contributed by atoms with Crippen LogP contribution >= 0.6 is 23.1 Å². The fraction of sp³-hybridized carbons (Fsp3) is 0.478. The fourth-order valence-electron chi connectivity index (χ4n) is 6.79. The molecule has 2 aromatic rings. The summed E-state index contributed by atoms with van der Waals surface area (Å²) in [6.07, 6.45) is 0.749. The quantitative estimate of drug-likeness (QED) is 0.595. The van der Waals surface area contributed by atoms with Gasteiger partial charge in [-0.15, -0.1) is 11.8 Å². The fourth-order valence-corrected chi connectivity index (χ4v) is 9.68. The Morgan fingerprint density at radius 2 is 1.82 bits per heavy atom. The molecular formula is C23H22N2O7S2. The van der Waals surface area contributed by atoms with Crippen LogP contribution in [0.3, 0.4) is 0 Å². The molecule has 2 bridgehead atoms. The monoisotopic (exact) mass is 502 g/mol. The third-order valence-electron chi connectivity index (χ3n) is 7.88.